The van der Waals surface area contributed by atoms with Gasteiger partial charge in [0.25, 0.3) is 5.91 Å². The largest absolute Gasteiger partial charge is 0.336 e. The van der Waals surface area contributed by atoms with Gasteiger partial charge in [-0.3, -0.25) is 4.79 Å². The number of benzene rings is 1. The quantitative estimate of drug-likeness (QED) is 0.749. The van der Waals surface area contributed by atoms with Crippen LogP contribution in [0.25, 0.3) is 0 Å². The summed E-state index contributed by atoms with van der Waals surface area (Å²) in [5, 5.41) is 0. The summed E-state index contributed by atoms with van der Waals surface area (Å²) in [7, 11) is 0. The molecule has 0 radical (unpaired) electrons. The van der Waals surface area contributed by atoms with Crippen molar-refractivity contribution < 1.29 is 9.18 Å². The van der Waals surface area contributed by atoms with Crippen molar-refractivity contribution in [3.63, 3.8) is 0 Å². The molecule has 0 spiro atoms. The number of amides is 1. The smallest absolute Gasteiger partial charge is 0.254 e. The predicted molar refractivity (Wildman–Crippen MR) is 72.6 cm³/mol. The first kappa shape index (κ1) is 15.0. The molecule has 0 aliphatic rings. The fourth-order valence-electron chi connectivity index (χ4n) is 1.85. The van der Waals surface area contributed by atoms with Gasteiger partial charge in [-0.1, -0.05) is 0 Å². The SMILES string of the molecule is Cc1cc(F)cc(C(=O)N(CCCCl)C(C)C)c1. The molecule has 1 aromatic rings. The molecule has 0 aliphatic heterocycles. The van der Waals surface area contributed by atoms with Gasteiger partial charge in [-0.2, -0.15) is 0 Å². The summed E-state index contributed by atoms with van der Waals surface area (Å²) in [6.07, 6.45) is 0.736. The third-order valence-electron chi connectivity index (χ3n) is 2.71. The average molecular weight is 272 g/mol. The first-order chi connectivity index (χ1) is 8.45. The molecule has 0 fully saturated rings. The third kappa shape index (κ3) is 3.98. The van der Waals surface area contributed by atoms with Gasteiger partial charge in [0.05, 0.1) is 0 Å². The first-order valence-corrected chi connectivity index (χ1v) is 6.63. The van der Waals surface area contributed by atoms with Gasteiger partial charge < -0.3 is 4.90 Å². The number of alkyl halides is 1. The van der Waals surface area contributed by atoms with Crippen LogP contribution < -0.4 is 0 Å². The van der Waals surface area contributed by atoms with Gasteiger partial charge in [-0.15, -0.1) is 11.6 Å². The zero-order chi connectivity index (χ0) is 13.7. The van der Waals surface area contributed by atoms with Crippen LogP contribution in [0.15, 0.2) is 18.2 Å². The summed E-state index contributed by atoms with van der Waals surface area (Å²) in [6, 6.07) is 4.48. The Morgan fingerprint density at radius 2 is 2.06 bits per heavy atom. The van der Waals surface area contributed by atoms with Gasteiger partial charge in [0.1, 0.15) is 5.82 Å². The summed E-state index contributed by atoms with van der Waals surface area (Å²) in [4.78, 5) is 14.0. The number of hydrogen-bond acceptors (Lipinski definition) is 1. The standard InChI is InChI=1S/C14H19ClFNO/c1-10(2)17(6-4-5-15)14(18)12-7-11(3)8-13(16)9-12/h7-10H,4-6H2,1-3H3. The van der Waals surface area contributed by atoms with E-state index in [2.05, 4.69) is 0 Å². The van der Waals surface area contributed by atoms with Gasteiger partial charge in [-0.05, 0) is 51.0 Å². The molecule has 0 aliphatic carbocycles. The van der Waals surface area contributed by atoms with Crippen molar-refractivity contribution in [3.05, 3.63) is 35.1 Å². The highest BCUT2D eigenvalue weighted by molar-refractivity contribution is 6.17. The Kier molecular flexibility index (Phi) is 5.60. The zero-order valence-corrected chi connectivity index (χ0v) is 11.8. The topological polar surface area (TPSA) is 20.3 Å². The molecule has 0 unspecified atom stereocenters. The van der Waals surface area contributed by atoms with Gasteiger partial charge in [0.15, 0.2) is 0 Å². The van der Waals surface area contributed by atoms with Crippen LogP contribution in [0.2, 0.25) is 0 Å². The second kappa shape index (κ2) is 6.74. The van der Waals surface area contributed by atoms with Crippen molar-refractivity contribution in [2.24, 2.45) is 0 Å². The van der Waals surface area contributed by atoms with Crippen molar-refractivity contribution in [2.45, 2.75) is 33.2 Å². The molecule has 1 rings (SSSR count). The van der Waals surface area contributed by atoms with E-state index in [-0.39, 0.29) is 17.8 Å². The van der Waals surface area contributed by atoms with E-state index in [1.54, 1.807) is 17.9 Å². The number of halogens is 2. The van der Waals surface area contributed by atoms with Crippen LogP contribution >= 0.6 is 11.6 Å². The minimum atomic E-state index is -0.376. The number of aryl methyl sites for hydroxylation is 1. The highest BCUT2D eigenvalue weighted by atomic mass is 35.5. The number of carbonyl (C=O) groups is 1. The van der Waals surface area contributed by atoms with E-state index in [9.17, 15) is 9.18 Å². The molecule has 0 saturated heterocycles. The van der Waals surface area contributed by atoms with Crippen LogP contribution in [-0.4, -0.2) is 29.3 Å². The molecule has 0 heterocycles. The van der Waals surface area contributed by atoms with Crippen molar-refractivity contribution in [1.82, 2.24) is 4.90 Å². The Balaban J connectivity index is 2.94. The summed E-state index contributed by atoms with van der Waals surface area (Å²) in [6.45, 7) is 6.25. The van der Waals surface area contributed by atoms with E-state index < -0.39 is 0 Å². The van der Waals surface area contributed by atoms with Crippen molar-refractivity contribution in [1.29, 1.82) is 0 Å². The fourth-order valence-corrected chi connectivity index (χ4v) is 1.97. The molecule has 1 aromatic carbocycles. The maximum Gasteiger partial charge on any atom is 0.254 e. The van der Waals surface area contributed by atoms with E-state index in [0.717, 1.165) is 12.0 Å². The summed E-state index contributed by atoms with van der Waals surface area (Å²) >= 11 is 5.65. The highest BCUT2D eigenvalue weighted by Gasteiger charge is 2.18. The first-order valence-electron chi connectivity index (χ1n) is 6.10. The Bertz CT molecular complexity index is 400. The molecule has 4 heteroatoms. The molecule has 0 saturated carbocycles. The van der Waals surface area contributed by atoms with Crippen LogP contribution in [0.3, 0.4) is 0 Å². The molecule has 0 bridgehead atoms. The predicted octanol–water partition coefficient (Wildman–Crippen LogP) is 3.61. The zero-order valence-electron chi connectivity index (χ0n) is 11.0. The van der Waals surface area contributed by atoms with Crippen molar-refractivity contribution in [2.75, 3.05) is 12.4 Å². The molecular formula is C14H19ClFNO. The molecule has 1 amide bonds. The molecule has 18 heavy (non-hydrogen) atoms. The van der Waals surface area contributed by atoms with Crippen LogP contribution in [0.5, 0.6) is 0 Å². The van der Waals surface area contributed by atoms with Gasteiger partial charge in [0, 0.05) is 24.0 Å². The summed E-state index contributed by atoms with van der Waals surface area (Å²) < 4.78 is 13.3. The lowest BCUT2D eigenvalue weighted by atomic mass is 10.1. The Labute approximate surface area is 113 Å². The number of hydrogen-bond donors (Lipinski definition) is 0. The van der Waals surface area contributed by atoms with Crippen LogP contribution in [0.4, 0.5) is 4.39 Å². The average Bonchev–Trinajstić information content (AvgIpc) is 2.27. The van der Waals surface area contributed by atoms with E-state index in [1.165, 1.54) is 12.1 Å². The molecule has 0 aromatic heterocycles. The minimum absolute atomic E-state index is 0.0734. The van der Waals surface area contributed by atoms with E-state index in [4.69, 9.17) is 11.6 Å². The lowest BCUT2D eigenvalue weighted by Crippen LogP contribution is -2.38. The summed E-state index contributed by atoms with van der Waals surface area (Å²) in [5.41, 5.74) is 1.15. The van der Waals surface area contributed by atoms with Crippen molar-refractivity contribution >= 4 is 17.5 Å². The fraction of sp³-hybridized carbons (Fsp3) is 0.500. The lowest BCUT2D eigenvalue weighted by molar-refractivity contribution is 0.0706. The van der Waals surface area contributed by atoms with Crippen LogP contribution in [-0.2, 0) is 0 Å². The maximum absolute atomic E-state index is 13.3. The molecule has 100 valence electrons. The molecular weight excluding hydrogens is 253 g/mol. The second-order valence-corrected chi connectivity index (χ2v) is 5.03. The Morgan fingerprint density at radius 3 is 2.56 bits per heavy atom. The molecule has 2 nitrogen and oxygen atoms in total. The highest BCUT2D eigenvalue weighted by Crippen LogP contribution is 2.13. The normalized spacial score (nSPS) is 10.8. The van der Waals surface area contributed by atoms with Crippen LogP contribution in [0, 0.1) is 12.7 Å². The minimum Gasteiger partial charge on any atom is -0.336 e. The van der Waals surface area contributed by atoms with Gasteiger partial charge in [-0.25, -0.2) is 4.39 Å². The Hall–Kier alpha value is -1.09. The Morgan fingerprint density at radius 1 is 1.39 bits per heavy atom. The van der Waals surface area contributed by atoms with Crippen molar-refractivity contribution in [3.8, 4) is 0 Å². The number of carbonyl (C=O) groups excluding carboxylic acids is 1. The monoisotopic (exact) mass is 271 g/mol. The van der Waals surface area contributed by atoms with E-state index in [0.29, 0.717) is 18.0 Å². The van der Waals surface area contributed by atoms with Gasteiger partial charge >= 0.3 is 0 Å². The summed E-state index contributed by atoms with van der Waals surface area (Å²) in [5.74, 6) is -0.00398. The second-order valence-electron chi connectivity index (χ2n) is 4.65. The van der Waals surface area contributed by atoms with Crippen LogP contribution in [0.1, 0.15) is 36.2 Å². The number of rotatable bonds is 5. The third-order valence-corrected chi connectivity index (χ3v) is 2.97. The van der Waals surface area contributed by atoms with E-state index in [1.807, 2.05) is 13.8 Å². The molecule has 0 atom stereocenters. The molecule has 0 N–H and O–H groups in total. The van der Waals surface area contributed by atoms with Gasteiger partial charge in [0.2, 0.25) is 0 Å². The maximum atomic E-state index is 13.3. The van der Waals surface area contributed by atoms with E-state index >= 15 is 0 Å². The number of nitrogens with zero attached hydrogens (tertiary/aromatic N) is 1. The lowest BCUT2D eigenvalue weighted by Gasteiger charge is -2.26.